The van der Waals surface area contributed by atoms with Gasteiger partial charge < -0.3 is 14.5 Å². The van der Waals surface area contributed by atoms with E-state index in [1.54, 1.807) is 12.1 Å². The first-order chi connectivity index (χ1) is 11.5. The third-order valence-electron chi connectivity index (χ3n) is 3.60. The number of furan rings is 1. The highest BCUT2D eigenvalue weighted by Crippen LogP contribution is 2.27. The van der Waals surface area contributed by atoms with Gasteiger partial charge in [0.15, 0.2) is 5.76 Å². The smallest absolute Gasteiger partial charge is 0.311 e. The molecule has 2 rings (SSSR count). The Morgan fingerprint density at radius 1 is 1.25 bits per heavy atom. The van der Waals surface area contributed by atoms with Crippen molar-refractivity contribution in [2.24, 2.45) is 0 Å². The average molecular weight is 329 g/mol. The molecule has 0 saturated carbocycles. The number of hydrogen-bond donors (Lipinski definition) is 1. The molecule has 2 aromatic rings. The van der Waals surface area contributed by atoms with E-state index in [0.717, 1.165) is 11.1 Å². The van der Waals surface area contributed by atoms with Crippen molar-refractivity contribution >= 4 is 11.9 Å². The summed E-state index contributed by atoms with van der Waals surface area (Å²) >= 11 is 0. The third kappa shape index (κ3) is 4.98. The first-order valence-corrected chi connectivity index (χ1v) is 8.10. The molecule has 5 nitrogen and oxygen atoms in total. The van der Waals surface area contributed by atoms with E-state index in [1.165, 1.54) is 6.26 Å². The molecule has 0 atom stereocenters. The van der Waals surface area contributed by atoms with Crippen LogP contribution in [0.25, 0.3) is 0 Å². The van der Waals surface area contributed by atoms with Crippen molar-refractivity contribution in [1.82, 2.24) is 5.32 Å². The minimum Gasteiger partial charge on any atom is -0.459 e. The second-order valence-corrected chi connectivity index (χ2v) is 6.01. The molecule has 1 N–H and O–H groups in total. The summed E-state index contributed by atoms with van der Waals surface area (Å²) in [5.74, 6) is 0.582. The second-order valence-electron chi connectivity index (χ2n) is 6.01. The number of aryl methyl sites for hydroxylation is 1. The summed E-state index contributed by atoms with van der Waals surface area (Å²) in [6.45, 7) is 6.48. The number of hydrogen-bond acceptors (Lipinski definition) is 4. The van der Waals surface area contributed by atoms with Crippen LogP contribution in [0.1, 0.15) is 54.3 Å². The molecule has 5 heteroatoms. The van der Waals surface area contributed by atoms with Crippen molar-refractivity contribution in [3.8, 4) is 5.75 Å². The van der Waals surface area contributed by atoms with Crippen molar-refractivity contribution in [2.45, 2.75) is 39.5 Å². The van der Waals surface area contributed by atoms with Crippen LogP contribution >= 0.6 is 0 Å². The molecule has 24 heavy (non-hydrogen) atoms. The quantitative estimate of drug-likeness (QED) is 0.476. The molecule has 0 saturated heterocycles. The van der Waals surface area contributed by atoms with Crippen molar-refractivity contribution < 1.29 is 18.7 Å². The highest BCUT2D eigenvalue weighted by molar-refractivity contribution is 5.91. The van der Waals surface area contributed by atoms with E-state index in [2.05, 4.69) is 19.2 Å². The largest absolute Gasteiger partial charge is 0.459 e. The minimum atomic E-state index is -0.297. The van der Waals surface area contributed by atoms with Gasteiger partial charge in [0, 0.05) is 13.0 Å². The lowest BCUT2D eigenvalue weighted by Gasteiger charge is -2.13. The summed E-state index contributed by atoms with van der Waals surface area (Å²) < 4.78 is 10.5. The summed E-state index contributed by atoms with van der Waals surface area (Å²) in [6.07, 6.45) is 2.19. The molecule has 0 radical (unpaired) electrons. The lowest BCUT2D eigenvalue weighted by atomic mass is 10.0. The normalized spacial score (nSPS) is 10.7. The Balaban J connectivity index is 1.79. The van der Waals surface area contributed by atoms with E-state index in [1.807, 2.05) is 25.1 Å². The van der Waals surface area contributed by atoms with Gasteiger partial charge in [0.2, 0.25) is 0 Å². The van der Waals surface area contributed by atoms with E-state index in [0.29, 0.717) is 18.7 Å². The number of nitrogens with one attached hydrogen (secondary N) is 1. The molecule has 1 aromatic carbocycles. The fraction of sp³-hybridized carbons (Fsp3) is 0.368. The maximum Gasteiger partial charge on any atom is 0.311 e. The van der Waals surface area contributed by atoms with Gasteiger partial charge in [0.25, 0.3) is 5.91 Å². The molecular formula is C19H23NO4. The van der Waals surface area contributed by atoms with Crippen LogP contribution < -0.4 is 10.1 Å². The number of esters is 1. The minimum absolute atomic E-state index is 0.240. The highest BCUT2D eigenvalue weighted by Gasteiger charge is 2.13. The molecule has 0 fully saturated rings. The van der Waals surface area contributed by atoms with Gasteiger partial charge in [-0.05, 0) is 48.6 Å². The molecule has 1 heterocycles. The summed E-state index contributed by atoms with van der Waals surface area (Å²) in [4.78, 5) is 23.7. The molecule has 1 amide bonds. The molecule has 0 aliphatic rings. The van der Waals surface area contributed by atoms with Gasteiger partial charge in [-0.2, -0.15) is 0 Å². The first kappa shape index (κ1) is 17.8. The zero-order chi connectivity index (χ0) is 17.5. The number of benzene rings is 1. The van der Waals surface area contributed by atoms with E-state index in [9.17, 15) is 9.59 Å². The monoisotopic (exact) mass is 329 g/mol. The maximum absolute atomic E-state index is 12.0. The van der Waals surface area contributed by atoms with Crippen LogP contribution in [0.3, 0.4) is 0 Å². The van der Waals surface area contributed by atoms with Crippen LogP contribution in [0.2, 0.25) is 0 Å². The predicted molar refractivity (Wildman–Crippen MR) is 91.2 cm³/mol. The SMILES string of the molecule is Cc1ccc(C(C)C)c(OC(=O)CCCNC(=O)c2ccco2)c1. The molecule has 128 valence electrons. The van der Waals surface area contributed by atoms with Crippen LogP contribution in [0, 0.1) is 6.92 Å². The van der Waals surface area contributed by atoms with Crippen LogP contribution in [-0.2, 0) is 4.79 Å². The van der Waals surface area contributed by atoms with E-state index >= 15 is 0 Å². The summed E-state index contributed by atoms with van der Waals surface area (Å²) in [5.41, 5.74) is 2.06. The molecule has 0 unspecified atom stereocenters. The fourth-order valence-corrected chi connectivity index (χ4v) is 2.31. The maximum atomic E-state index is 12.0. The number of amides is 1. The van der Waals surface area contributed by atoms with Crippen LogP contribution in [-0.4, -0.2) is 18.4 Å². The van der Waals surface area contributed by atoms with Crippen molar-refractivity contribution in [2.75, 3.05) is 6.54 Å². The first-order valence-electron chi connectivity index (χ1n) is 8.10. The number of carbonyl (C=O) groups is 2. The molecular weight excluding hydrogens is 306 g/mol. The van der Waals surface area contributed by atoms with Crippen molar-refractivity contribution in [1.29, 1.82) is 0 Å². The van der Waals surface area contributed by atoms with Gasteiger partial charge in [0.05, 0.1) is 6.26 Å². The molecule has 1 aromatic heterocycles. The predicted octanol–water partition coefficient (Wildman–Crippen LogP) is 3.83. The Hall–Kier alpha value is -2.56. The molecule has 0 aliphatic heterocycles. The van der Waals surface area contributed by atoms with Gasteiger partial charge >= 0.3 is 5.97 Å². The number of ether oxygens (including phenoxy) is 1. The van der Waals surface area contributed by atoms with Crippen molar-refractivity contribution in [3.63, 3.8) is 0 Å². The summed E-state index contributed by atoms with van der Waals surface area (Å²) in [5, 5.41) is 2.70. The number of carbonyl (C=O) groups excluding carboxylic acids is 2. The molecule has 0 spiro atoms. The van der Waals surface area contributed by atoms with E-state index in [-0.39, 0.29) is 30.0 Å². The number of rotatable bonds is 7. The average Bonchev–Trinajstić information content (AvgIpc) is 3.05. The molecule has 0 aliphatic carbocycles. The van der Waals surface area contributed by atoms with Gasteiger partial charge in [-0.3, -0.25) is 9.59 Å². The van der Waals surface area contributed by atoms with Gasteiger partial charge in [-0.25, -0.2) is 0 Å². The van der Waals surface area contributed by atoms with Crippen LogP contribution in [0.5, 0.6) is 5.75 Å². The van der Waals surface area contributed by atoms with Gasteiger partial charge in [0.1, 0.15) is 5.75 Å². The Kier molecular flexibility index (Phi) is 6.18. The fourth-order valence-electron chi connectivity index (χ4n) is 2.31. The zero-order valence-electron chi connectivity index (χ0n) is 14.3. The second kappa shape index (κ2) is 8.34. The van der Waals surface area contributed by atoms with E-state index in [4.69, 9.17) is 9.15 Å². The Morgan fingerprint density at radius 3 is 2.71 bits per heavy atom. The van der Waals surface area contributed by atoms with Crippen molar-refractivity contribution in [3.05, 3.63) is 53.5 Å². The Bertz CT molecular complexity index is 689. The lowest BCUT2D eigenvalue weighted by Crippen LogP contribution is -2.24. The standard InChI is InChI=1S/C19H23NO4/c1-13(2)15-9-8-14(3)12-17(15)24-18(21)7-4-10-20-19(22)16-6-5-11-23-16/h5-6,8-9,11-13H,4,7,10H2,1-3H3,(H,20,22). The van der Waals surface area contributed by atoms with Gasteiger partial charge in [-0.1, -0.05) is 26.0 Å². The summed E-state index contributed by atoms with van der Waals surface area (Å²) in [6, 6.07) is 9.13. The Morgan fingerprint density at radius 2 is 2.04 bits per heavy atom. The van der Waals surface area contributed by atoms with Gasteiger partial charge in [-0.15, -0.1) is 0 Å². The summed E-state index contributed by atoms with van der Waals surface area (Å²) in [7, 11) is 0. The highest BCUT2D eigenvalue weighted by atomic mass is 16.5. The lowest BCUT2D eigenvalue weighted by molar-refractivity contribution is -0.134. The molecule has 0 bridgehead atoms. The van der Waals surface area contributed by atoms with E-state index < -0.39 is 0 Å². The Labute approximate surface area is 142 Å². The van der Waals surface area contributed by atoms with Crippen LogP contribution in [0.4, 0.5) is 0 Å². The van der Waals surface area contributed by atoms with Crippen LogP contribution in [0.15, 0.2) is 41.0 Å². The zero-order valence-corrected chi connectivity index (χ0v) is 14.3. The third-order valence-corrected chi connectivity index (χ3v) is 3.60. The topological polar surface area (TPSA) is 68.5 Å².